The Balaban J connectivity index is 1.91. The summed E-state index contributed by atoms with van der Waals surface area (Å²) in [6.45, 7) is 0. The van der Waals surface area contributed by atoms with Crippen LogP contribution in [-0.4, -0.2) is 27.9 Å². The number of benzene rings is 2. The van der Waals surface area contributed by atoms with Crippen LogP contribution in [0.3, 0.4) is 0 Å². The normalized spacial score (nSPS) is 15.4. The van der Waals surface area contributed by atoms with Gasteiger partial charge in [-0.3, -0.25) is 14.5 Å². The second-order valence-corrected chi connectivity index (χ2v) is 7.42. The van der Waals surface area contributed by atoms with Gasteiger partial charge in [-0.25, -0.2) is 4.99 Å². The lowest BCUT2D eigenvalue weighted by Crippen LogP contribution is -2.30. The first-order valence-electron chi connectivity index (χ1n) is 7.84. The molecule has 0 saturated carbocycles. The zero-order valence-corrected chi connectivity index (χ0v) is 16.0. The first kappa shape index (κ1) is 18.4. The highest BCUT2D eigenvalue weighted by atomic mass is 79.9. The van der Waals surface area contributed by atoms with Crippen LogP contribution in [0.5, 0.6) is 0 Å². The van der Waals surface area contributed by atoms with Crippen molar-refractivity contribution in [2.45, 2.75) is 6.42 Å². The van der Waals surface area contributed by atoms with Crippen molar-refractivity contribution in [2.24, 2.45) is 4.99 Å². The third kappa shape index (κ3) is 4.42. The number of nitrogens with zero attached hydrogens (tertiary/aromatic N) is 2. The maximum atomic E-state index is 12.9. The molecule has 1 heterocycles. The van der Waals surface area contributed by atoms with Crippen molar-refractivity contribution in [2.75, 3.05) is 10.7 Å². The SMILES string of the molecule is O=C(O)CCSC1=N/C(=C\c2ccc(Br)cc2)C(=O)N1c1ccccc1. The number of halogens is 1. The molecule has 0 saturated heterocycles. The number of carbonyl (C=O) groups excluding carboxylic acids is 1. The molecule has 0 atom stereocenters. The third-order valence-electron chi connectivity index (χ3n) is 3.56. The highest BCUT2D eigenvalue weighted by molar-refractivity contribution is 9.10. The lowest BCUT2D eigenvalue weighted by atomic mass is 10.2. The third-order valence-corrected chi connectivity index (χ3v) is 5.03. The monoisotopic (exact) mass is 430 g/mol. The average Bonchev–Trinajstić information content (AvgIpc) is 2.93. The zero-order valence-electron chi connectivity index (χ0n) is 13.6. The van der Waals surface area contributed by atoms with Crippen LogP contribution in [0.15, 0.2) is 69.8 Å². The smallest absolute Gasteiger partial charge is 0.304 e. The van der Waals surface area contributed by atoms with Crippen LogP contribution in [0.1, 0.15) is 12.0 Å². The number of anilines is 1. The fourth-order valence-electron chi connectivity index (χ4n) is 2.34. The van der Waals surface area contributed by atoms with Crippen molar-refractivity contribution in [3.8, 4) is 0 Å². The molecule has 132 valence electrons. The Kier molecular flexibility index (Phi) is 5.90. The van der Waals surface area contributed by atoms with Gasteiger partial charge in [0.15, 0.2) is 5.17 Å². The number of carboxylic acids is 1. The molecule has 0 fully saturated rings. The number of thioether (sulfide) groups is 1. The number of amides is 1. The Labute approximate surface area is 163 Å². The van der Waals surface area contributed by atoms with E-state index in [0.29, 0.717) is 22.3 Å². The topological polar surface area (TPSA) is 70.0 Å². The summed E-state index contributed by atoms with van der Waals surface area (Å²) in [7, 11) is 0. The van der Waals surface area contributed by atoms with Gasteiger partial charge in [-0.1, -0.05) is 58.0 Å². The Bertz CT molecular complexity index is 879. The van der Waals surface area contributed by atoms with Crippen LogP contribution in [-0.2, 0) is 9.59 Å². The molecule has 0 spiro atoms. The van der Waals surface area contributed by atoms with E-state index in [4.69, 9.17) is 5.11 Å². The predicted octanol–water partition coefficient (Wildman–Crippen LogP) is 4.40. The Morgan fingerprint density at radius 3 is 2.50 bits per heavy atom. The molecular formula is C19H15BrN2O3S. The van der Waals surface area contributed by atoms with E-state index in [0.717, 1.165) is 10.0 Å². The van der Waals surface area contributed by atoms with E-state index in [9.17, 15) is 9.59 Å². The average molecular weight is 431 g/mol. The molecule has 0 aromatic heterocycles. The highest BCUT2D eigenvalue weighted by Crippen LogP contribution is 2.29. The van der Waals surface area contributed by atoms with Crippen molar-refractivity contribution < 1.29 is 14.7 Å². The fraction of sp³-hybridized carbons (Fsp3) is 0.105. The number of aliphatic carboxylic acids is 1. The summed E-state index contributed by atoms with van der Waals surface area (Å²) in [5.41, 5.74) is 1.90. The van der Waals surface area contributed by atoms with Crippen LogP contribution in [0.4, 0.5) is 5.69 Å². The molecule has 0 radical (unpaired) electrons. The van der Waals surface area contributed by atoms with E-state index in [1.165, 1.54) is 16.7 Å². The molecule has 2 aromatic carbocycles. The van der Waals surface area contributed by atoms with E-state index in [1.54, 1.807) is 6.08 Å². The molecule has 0 unspecified atom stereocenters. The van der Waals surface area contributed by atoms with Gasteiger partial charge in [-0.05, 0) is 35.9 Å². The van der Waals surface area contributed by atoms with E-state index >= 15 is 0 Å². The molecule has 3 rings (SSSR count). The molecule has 0 aliphatic carbocycles. The fourth-order valence-corrected chi connectivity index (χ4v) is 3.55. The maximum absolute atomic E-state index is 12.9. The van der Waals surface area contributed by atoms with Crippen molar-refractivity contribution in [3.05, 3.63) is 70.3 Å². The van der Waals surface area contributed by atoms with E-state index in [1.807, 2.05) is 54.6 Å². The van der Waals surface area contributed by atoms with Gasteiger partial charge in [0, 0.05) is 10.2 Å². The number of hydrogen-bond acceptors (Lipinski definition) is 4. The number of amidine groups is 1. The summed E-state index contributed by atoms with van der Waals surface area (Å²) in [4.78, 5) is 29.6. The minimum Gasteiger partial charge on any atom is -0.481 e. The van der Waals surface area contributed by atoms with Gasteiger partial charge >= 0.3 is 5.97 Å². The zero-order chi connectivity index (χ0) is 18.5. The molecule has 1 aliphatic rings. The quantitative estimate of drug-likeness (QED) is 0.713. The maximum Gasteiger partial charge on any atom is 0.304 e. The summed E-state index contributed by atoms with van der Waals surface area (Å²) in [5, 5.41) is 9.33. The highest BCUT2D eigenvalue weighted by Gasteiger charge is 2.31. The van der Waals surface area contributed by atoms with Gasteiger partial charge in [-0.15, -0.1) is 0 Å². The number of aliphatic imine (C=N–C) groups is 1. The van der Waals surface area contributed by atoms with E-state index in [-0.39, 0.29) is 12.3 Å². The molecule has 1 N–H and O–H groups in total. The standard InChI is InChI=1S/C19H15BrN2O3S/c20-14-8-6-13(7-9-14)12-16-18(25)22(15-4-2-1-3-5-15)19(21-16)26-11-10-17(23)24/h1-9,12H,10-11H2,(H,23,24)/b16-12-. The van der Waals surface area contributed by atoms with Gasteiger partial charge in [0.1, 0.15) is 5.70 Å². The van der Waals surface area contributed by atoms with Gasteiger partial charge in [0.2, 0.25) is 0 Å². The van der Waals surface area contributed by atoms with Crippen molar-refractivity contribution in [1.29, 1.82) is 0 Å². The molecule has 5 nitrogen and oxygen atoms in total. The van der Waals surface area contributed by atoms with Gasteiger partial charge < -0.3 is 5.11 Å². The Morgan fingerprint density at radius 2 is 1.85 bits per heavy atom. The number of carbonyl (C=O) groups is 2. The van der Waals surface area contributed by atoms with E-state index < -0.39 is 5.97 Å². The largest absolute Gasteiger partial charge is 0.481 e. The second-order valence-electron chi connectivity index (χ2n) is 5.44. The minimum absolute atomic E-state index is 0.00622. The molecule has 1 aliphatic heterocycles. The van der Waals surface area contributed by atoms with E-state index in [2.05, 4.69) is 20.9 Å². The van der Waals surface area contributed by atoms with Crippen LogP contribution >= 0.6 is 27.7 Å². The molecule has 7 heteroatoms. The molecule has 0 bridgehead atoms. The summed E-state index contributed by atoms with van der Waals surface area (Å²) < 4.78 is 0.955. The Hall–Kier alpha value is -2.38. The number of rotatable bonds is 5. The van der Waals surface area contributed by atoms with Crippen molar-refractivity contribution in [1.82, 2.24) is 0 Å². The minimum atomic E-state index is -0.876. The van der Waals surface area contributed by atoms with Crippen LogP contribution in [0, 0.1) is 0 Å². The van der Waals surface area contributed by atoms with Crippen LogP contribution in [0.2, 0.25) is 0 Å². The van der Waals surface area contributed by atoms with Crippen molar-refractivity contribution in [3.63, 3.8) is 0 Å². The summed E-state index contributed by atoms with van der Waals surface area (Å²) in [5.74, 6) is -0.757. The van der Waals surface area contributed by atoms with Crippen LogP contribution < -0.4 is 4.90 Å². The first-order valence-corrected chi connectivity index (χ1v) is 9.62. The number of carboxylic acid groups (broad SMARTS) is 1. The Morgan fingerprint density at radius 1 is 1.15 bits per heavy atom. The summed E-state index contributed by atoms with van der Waals surface area (Å²) in [6, 6.07) is 16.8. The predicted molar refractivity (Wildman–Crippen MR) is 108 cm³/mol. The van der Waals surface area contributed by atoms with Gasteiger partial charge in [0.05, 0.1) is 12.1 Å². The lowest BCUT2D eigenvalue weighted by molar-refractivity contribution is -0.136. The molecule has 1 amide bonds. The molecule has 2 aromatic rings. The summed E-state index contributed by atoms with van der Waals surface area (Å²) >= 11 is 4.65. The molecular weight excluding hydrogens is 416 g/mol. The van der Waals surface area contributed by atoms with Crippen molar-refractivity contribution >= 4 is 56.5 Å². The van der Waals surface area contributed by atoms with Gasteiger partial charge in [0.25, 0.3) is 5.91 Å². The van der Waals surface area contributed by atoms with Crippen LogP contribution in [0.25, 0.3) is 6.08 Å². The van der Waals surface area contributed by atoms with Gasteiger partial charge in [-0.2, -0.15) is 0 Å². The molecule has 26 heavy (non-hydrogen) atoms. The second kappa shape index (κ2) is 8.33. The number of hydrogen-bond donors (Lipinski definition) is 1. The summed E-state index contributed by atoms with van der Waals surface area (Å²) in [6.07, 6.45) is 1.74. The number of para-hydroxylation sites is 1. The lowest BCUT2D eigenvalue weighted by Gasteiger charge is -2.17. The first-order chi connectivity index (χ1) is 12.5.